The zero-order valence-electron chi connectivity index (χ0n) is 11.1. The van der Waals surface area contributed by atoms with Crippen LogP contribution in [-0.4, -0.2) is 29.6 Å². The lowest BCUT2D eigenvalue weighted by Crippen LogP contribution is -2.30. The number of hydrogen-bond acceptors (Lipinski definition) is 3. The molecule has 1 atom stereocenters. The molecule has 1 aromatic rings. The number of unbranched alkanes of at least 4 members (excludes halogenated alkanes) is 1. The van der Waals surface area contributed by atoms with E-state index in [9.17, 15) is 18.4 Å². The average Bonchev–Trinajstić information content (AvgIpc) is 2.40. The van der Waals surface area contributed by atoms with Crippen molar-refractivity contribution in [3.8, 4) is 0 Å². The van der Waals surface area contributed by atoms with E-state index >= 15 is 0 Å². The van der Waals surface area contributed by atoms with Gasteiger partial charge in [0.2, 0.25) is 0 Å². The van der Waals surface area contributed by atoms with Crippen LogP contribution in [0.1, 0.15) is 29.6 Å². The van der Waals surface area contributed by atoms with Crippen molar-refractivity contribution in [3.05, 3.63) is 35.4 Å². The summed E-state index contributed by atoms with van der Waals surface area (Å²) in [6, 6.07) is 1.71. The molecule has 0 radical (unpaired) electrons. The molecular weight excluding hydrogens is 306 g/mol. The van der Waals surface area contributed by atoms with Crippen LogP contribution in [0.3, 0.4) is 0 Å². The molecule has 0 fully saturated rings. The normalized spacial score (nSPS) is 11.4. The quantitative estimate of drug-likeness (QED) is 0.666. The van der Waals surface area contributed by atoms with Crippen molar-refractivity contribution in [1.29, 1.82) is 0 Å². The monoisotopic (exact) mass is 322 g/mol. The first-order chi connectivity index (χ1) is 9.41. The van der Waals surface area contributed by atoms with E-state index in [1.807, 2.05) is 0 Å². The molecular formula is C13H17ClF2N2O3. The van der Waals surface area contributed by atoms with E-state index in [-0.39, 0.29) is 24.5 Å². The minimum Gasteiger partial charge on any atom is -0.480 e. The molecule has 118 valence electrons. The van der Waals surface area contributed by atoms with E-state index < -0.39 is 29.6 Å². The Bertz CT molecular complexity index is 500. The number of carboxylic acid groups (broad SMARTS) is 1. The predicted octanol–water partition coefficient (Wildman–Crippen LogP) is 1.70. The molecule has 4 N–H and O–H groups in total. The van der Waals surface area contributed by atoms with Crippen molar-refractivity contribution in [3.63, 3.8) is 0 Å². The summed E-state index contributed by atoms with van der Waals surface area (Å²) in [6.45, 7) is 0.237. The fraction of sp³-hybridized carbons (Fsp3) is 0.385. The lowest BCUT2D eigenvalue weighted by atomic mass is 10.1. The predicted molar refractivity (Wildman–Crippen MR) is 75.4 cm³/mol. The van der Waals surface area contributed by atoms with E-state index in [1.54, 1.807) is 0 Å². The van der Waals surface area contributed by atoms with Gasteiger partial charge in [0.15, 0.2) is 0 Å². The number of carbonyl (C=O) groups is 2. The second-order valence-electron chi connectivity index (χ2n) is 4.32. The summed E-state index contributed by atoms with van der Waals surface area (Å²) in [7, 11) is 0. The van der Waals surface area contributed by atoms with E-state index in [4.69, 9.17) is 10.8 Å². The Morgan fingerprint density at radius 2 is 1.95 bits per heavy atom. The van der Waals surface area contributed by atoms with Crippen LogP contribution in [0.4, 0.5) is 8.78 Å². The molecule has 0 unspecified atom stereocenters. The van der Waals surface area contributed by atoms with Crippen LogP contribution in [0.5, 0.6) is 0 Å². The molecule has 21 heavy (non-hydrogen) atoms. The van der Waals surface area contributed by atoms with Gasteiger partial charge in [-0.15, -0.1) is 12.4 Å². The number of nitrogens with two attached hydrogens (primary N) is 1. The fourth-order valence-corrected chi connectivity index (χ4v) is 1.58. The Balaban J connectivity index is 0.00000400. The van der Waals surface area contributed by atoms with E-state index in [0.29, 0.717) is 19.3 Å². The van der Waals surface area contributed by atoms with Gasteiger partial charge in [-0.05, 0) is 37.5 Å². The topological polar surface area (TPSA) is 92.4 Å². The van der Waals surface area contributed by atoms with Gasteiger partial charge in [-0.3, -0.25) is 9.59 Å². The third-order valence-electron chi connectivity index (χ3n) is 2.72. The first-order valence-corrected chi connectivity index (χ1v) is 6.13. The Labute approximate surface area is 126 Å². The van der Waals surface area contributed by atoms with Crippen LogP contribution in [0.15, 0.2) is 18.2 Å². The molecule has 0 spiro atoms. The fourth-order valence-electron chi connectivity index (χ4n) is 1.58. The summed E-state index contributed by atoms with van der Waals surface area (Å²) in [5, 5.41) is 11.0. The second kappa shape index (κ2) is 9.25. The van der Waals surface area contributed by atoms with Gasteiger partial charge >= 0.3 is 5.97 Å². The number of hydrogen-bond donors (Lipinski definition) is 3. The van der Waals surface area contributed by atoms with Gasteiger partial charge < -0.3 is 16.2 Å². The van der Waals surface area contributed by atoms with Gasteiger partial charge in [-0.1, -0.05) is 0 Å². The molecule has 1 aromatic carbocycles. The van der Waals surface area contributed by atoms with Crippen LogP contribution in [0, 0.1) is 11.6 Å². The van der Waals surface area contributed by atoms with Crippen molar-refractivity contribution in [1.82, 2.24) is 5.32 Å². The first kappa shape index (κ1) is 19.3. The van der Waals surface area contributed by atoms with Gasteiger partial charge in [0, 0.05) is 6.54 Å². The number of benzene rings is 1. The SMILES string of the molecule is Cl.N[C@@H](CCCCNC(=O)c1cc(F)ccc1F)C(=O)O. The van der Waals surface area contributed by atoms with Crippen molar-refractivity contribution in [2.24, 2.45) is 5.73 Å². The maximum atomic E-state index is 13.3. The van der Waals surface area contributed by atoms with Crippen molar-refractivity contribution in [2.45, 2.75) is 25.3 Å². The lowest BCUT2D eigenvalue weighted by molar-refractivity contribution is -0.138. The second-order valence-corrected chi connectivity index (χ2v) is 4.32. The number of amides is 1. The van der Waals surface area contributed by atoms with Crippen molar-refractivity contribution >= 4 is 24.3 Å². The zero-order valence-corrected chi connectivity index (χ0v) is 12.0. The maximum Gasteiger partial charge on any atom is 0.320 e. The number of rotatable bonds is 7. The van der Waals surface area contributed by atoms with Gasteiger partial charge in [0.05, 0.1) is 5.56 Å². The number of carbonyl (C=O) groups excluding carboxylic acids is 1. The number of carboxylic acids is 1. The molecule has 5 nitrogen and oxygen atoms in total. The minimum atomic E-state index is -1.07. The van der Waals surface area contributed by atoms with Crippen molar-refractivity contribution < 1.29 is 23.5 Å². The first-order valence-electron chi connectivity index (χ1n) is 6.13. The molecule has 0 heterocycles. The minimum absolute atomic E-state index is 0. The van der Waals surface area contributed by atoms with Gasteiger partial charge in [-0.25, -0.2) is 8.78 Å². The third-order valence-corrected chi connectivity index (χ3v) is 2.72. The van der Waals surface area contributed by atoms with Crippen LogP contribution < -0.4 is 11.1 Å². The largest absolute Gasteiger partial charge is 0.480 e. The molecule has 1 amide bonds. The summed E-state index contributed by atoms with van der Waals surface area (Å²) in [6.07, 6.45) is 1.31. The summed E-state index contributed by atoms with van der Waals surface area (Å²) in [5.74, 6) is -3.26. The van der Waals surface area contributed by atoms with Crippen molar-refractivity contribution in [2.75, 3.05) is 6.54 Å². The molecule has 0 bridgehead atoms. The standard InChI is InChI=1S/C13H16F2N2O3.ClH/c14-8-4-5-10(15)9(7-8)12(18)17-6-2-1-3-11(16)13(19)20;/h4-5,7,11H,1-3,6,16H2,(H,17,18)(H,19,20);1H/t11-;/m0./s1. The highest BCUT2D eigenvalue weighted by Crippen LogP contribution is 2.09. The Kier molecular flexibility index (Phi) is 8.49. The van der Waals surface area contributed by atoms with Gasteiger partial charge in [0.1, 0.15) is 17.7 Å². The molecule has 8 heteroatoms. The Morgan fingerprint density at radius 3 is 2.57 bits per heavy atom. The van der Waals surface area contributed by atoms with Gasteiger partial charge in [-0.2, -0.15) is 0 Å². The molecule has 0 aliphatic heterocycles. The van der Waals surface area contributed by atoms with Gasteiger partial charge in [0.25, 0.3) is 5.91 Å². The molecule has 0 saturated heterocycles. The number of aliphatic carboxylic acids is 1. The third kappa shape index (κ3) is 6.50. The molecule has 1 rings (SSSR count). The molecule has 0 saturated carbocycles. The highest BCUT2D eigenvalue weighted by Gasteiger charge is 2.13. The summed E-state index contributed by atoms with van der Waals surface area (Å²) < 4.78 is 26.2. The molecule has 0 aliphatic rings. The maximum absolute atomic E-state index is 13.3. The molecule has 0 aliphatic carbocycles. The van der Waals surface area contributed by atoms with Crippen LogP contribution in [0.2, 0.25) is 0 Å². The summed E-state index contributed by atoms with van der Waals surface area (Å²) in [4.78, 5) is 22.0. The van der Waals surface area contributed by atoms with E-state index in [1.165, 1.54) is 0 Å². The average molecular weight is 323 g/mol. The van der Waals surface area contributed by atoms with Crippen LogP contribution in [0.25, 0.3) is 0 Å². The highest BCUT2D eigenvalue weighted by molar-refractivity contribution is 5.94. The summed E-state index contributed by atoms with van der Waals surface area (Å²) in [5.41, 5.74) is 4.95. The van der Waals surface area contributed by atoms with Crippen LogP contribution >= 0.6 is 12.4 Å². The molecule has 0 aromatic heterocycles. The lowest BCUT2D eigenvalue weighted by Gasteiger charge is -2.08. The smallest absolute Gasteiger partial charge is 0.320 e. The van der Waals surface area contributed by atoms with Crippen LogP contribution in [-0.2, 0) is 4.79 Å². The highest BCUT2D eigenvalue weighted by atomic mass is 35.5. The summed E-state index contributed by atoms with van der Waals surface area (Å²) >= 11 is 0. The zero-order chi connectivity index (χ0) is 15.1. The Morgan fingerprint density at radius 1 is 1.29 bits per heavy atom. The number of halogens is 3. The van der Waals surface area contributed by atoms with E-state index in [2.05, 4.69) is 5.32 Å². The number of nitrogens with one attached hydrogen (secondary N) is 1. The Hall–Kier alpha value is -1.73. The van der Waals surface area contributed by atoms with E-state index in [0.717, 1.165) is 18.2 Å².